The van der Waals surface area contributed by atoms with Crippen LogP contribution in [0.5, 0.6) is 11.6 Å². The largest absolute Gasteiger partial charge is 0.437 e. The Balaban J connectivity index is 1.96. The summed E-state index contributed by atoms with van der Waals surface area (Å²) in [6.07, 6.45) is 0. The number of ether oxygens (including phenoxy) is 1. The van der Waals surface area contributed by atoms with Crippen LogP contribution in [-0.2, 0) is 0 Å². The first-order valence-electron chi connectivity index (χ1n) is 5.91. The molecule has 0 saturated heterocycles. The second-order valence-electron chi connectivity index (χ2n) is 4.28. The number of rotatable bonds is 2. The van der Waals surface area contributed by atoms with Crippen LogP contribution in [0.4, 0.5) is 10.1 Å². The van der Waals surface area contributed by atoms with Crippen molar-refractivity contribution < 1.29 is 9.13 Å². The molecule has 0 amide bonds. The monoisotopic (exact) mass is 288 g/mol. The lowest BCUT2D eigenvalue weighted by molar-refractivity contribution is 0.463. The number of benzene rings is 2. The molecule has 0 aliphatic carbocycles. The fraction of sp³-hybridized carbons (Fsp3) is 0. The molecule has 3 nitrogen and oxygen atoms in total. The molecule has 20 heavy (non-hydrogen) atoms. The average Bonchev–Trinajstić information content (AvgIpc) is 2.42. The van der Waals surface area contributed by atoms with Crippen molar-refractivity contribution in [2.45, 2.75) is 0 Å². The van der Waals surface area contributed by atoms with Crippen molar-refractivity contribution in [1.82, 2.24) is 4.98 Å². The number of nitrogen functional groups attached to an aromatic ring is 1. The molecule has 0 bridgehead atoms. The summed E-state index contributed by atoms with van der Waals surface area (Å²) in [5.74, 6) is 0.329. The van der Waals surface area contributed by atoms with E-state index in [1.54, 1.807) is 12.1 Å². The lowest BCUT2D eigenvalue weighted by Crippen LogP contribution is -1.91. The minimum atomic E-state index is -0.413. The second-order valence-corrected chi connectivity index (χ2v) is 4.69. The zero-order valence-electron chi connectivity index (χ0n) is 10.3. The lowest BCUT2D eigenvalue weighted by Gasteiger charge is -2.07. The Morgan fingerprint density at radius 2 is 1.90 bits per heavy atom. The van der Waals surface area contributed by atoms with E-state index < -0.39 is 5.82 Å². The number of hydrogen-bond acceptors (Lipinski definition) is 3. The summed E-state index contributed by atoms with van der Waals surface area (Å²) >= 11 is 5.91. The van der Waals surface area contributed by atoms with E-state index in [1.807, 2.05) is 18.2 Å². The zero-order chi connectivity index (χ0) is 14.1. The van der Waals surface area contributed by atoms with Gasteiger partial charge in [0.15, 0.2) is 0 Å². The minimum absolute atomic E-state index is 0.198. The first-order valence-corrected chi connectivity index (χ1v) is 6.29. The summed E-state index contributed by atoms with van der Waals surface area (Å²) in [6.45, 7) is 0. The predicted octanol–water partition coefficient (Wildman–Crippen LogP) is 4.40. The predicted molar refractivity (Wildman–Crippen MR) is 77.6 cm³/mol. The number of hydrogen-bond donors (Lipinski definition) is 1. The van der Waals surface area contributed by atoms with Crippen molar-refractivity contribution in [2.24, 2.45) is 0 Å². The van der Waals surface area contributed by atoms with Crippen molar-refractivity contribution >= 4 is 28.2 Å². The maximum absolute atomic E-state index is 13.0. The van der Waals surface area contributed by atoms with E-state index in [0.29, 0.717) is 17.3 Å². The Kier molecular flexibility index (Phi) is 3.16. The van der Waals surface area contributed by atoms with E-state index in [4.69, 9.17) is 22.1 Å². The molecule has 0 aliphatic heterocycles. The van der Waals surface area contributed by atoms with Gasteiger partial charge in [0.2, 0.25) is 5.88 Å². The molecule has 1 heterocycles. The highest BCUT2D eigenvalue weighted by molar-refractivity contribution is 6.32. The van der Waals surface area contributed by atoms with Crippen LogP contribution < -0.4 is 10.5 Å². The quantitative estimate of drug-likeness (QED) is 0.711. The van der Waals surface area contributed by atoms with Crippen molar-refractivity contribution in [3.05, 3.63) is 59.4 Å². The molecule has 0 saturated carbocycles. The topological polar surface area (TPSA) is 48.1 Å². The summed E-state index contributed by atoms with van der Waals surface area (Å²) in [6, 6.07) is 12.9. The van der Waals surface area contributed by atoms with Gasteiger partial charge in [0.05, 0.1) is 10.5 Å². The van der Waals surface area contributed by atoms with E-state index in [2.05, 4.69) is 4.98 Å². The Bertz CT molecular complexity index is 792. The van der Waals surface area contributed by atoms with Gasteiger partial charge >= 0.3 is 0 Å². The standard InChI is InChI=1S/C15H10ClFN2O/c16-12-8-10(17)2-5-14(12)20-15-6-1-9-7-11(18)3-4-13(9)19-15/h1-8H,18H2. The maximum Gasteiger partial charge on any atom is 0.219 e. The van der Waals surface area contributed by atoms with Crippen LogP contribution in [0.2, 0.25) is 5.02 Å². The SMILES string of the molecule is Nc1ccc2nc(Oc3ccc(F)cc3Cl)ccc2c1. The van der Waals surface area contributed by atoms with E-state index in [-0.39, 0.29) is 5.02 Å². The van der Waals surface area contributed by atoms with Gasteiger partial charge in [-0.1, -0.05) is 11.6 Å². The summed E-state index contributed by atoms with van der Waals surface area (Å²) in [4.78, 5) is 4.34. The molecule has 0 spiro atoms. The van der Waals surface area contributed by atoms with Crippen molar-refractivity contribution in [1.29, 1.82) is 0 Å². The van der Waals surface area contributed by atoms with Gasteiger partial charge < -0.3 is 10.5 Å². The summed E-state index contributed by atoms with van der Waals surface area (Å²) in [5.41, 5.74) is 7.14. The highest BCUT2D eigenvalue weighted by Gasteiger charge is 2.06. The van der Waals surface area contributed by atoms with Crippen LogP contribution in [0.1, 0.15) is 0 Å². The van der Waals surface area contributed by atoms with Crippen molar-refractivity contribution in [2.75, 3.05) is 5.73 Å². The summed E-state index contributed by atoms with van der Waals surface area (Å²) in [7, 11) is 0. The molecule has 100 valence electrons. The molecule has 0 atom stereocenters. The molecule has 2 N–H and O–H groups in total. The van der Waals surface area contributed by atoms with Crippen molar-refractivity contribution in [3.63, 3.8) is 0 Å². The smallest absolute Gasteiger partial charge is 0.219 e. The molecule has 0 fully saturated rings. The number of anilines is 1. The van der Waals surface area contributed by atoms with E-state index >= 15 is 0 Å². The number of pyridine rings is 1. The van der Waals surface area contributed by atoms with Gasteiger partial charge in [0.1, 0.15) is 11.6 Å². The Hall–Kier alpha value is -2.33. The molecule has 0 radical (unpaired) electrons. The van der Waals surface area contributed by atoms with Crippen LogP contribution in [0.25, 0.3) is 10.9 Å². The van der Waals surface area contributed by atoms with Crippen LogP contribution in [-0.4, -0.2) is 4.98 Å². The van der Waals surface area contributed by atoms with Gasteiger partial charge in [-0.25, -0.2) is 9.37 Å². The normalized spacial score (nSPS) is 10.7. The number of halogens is 2. The number of nitrogens with two attached hydrogens (primary N) is 1. The maximum atomic E-state index is 13.0. The van der Waals surface area contributed by atoms with Gasteiger partial charge in [-0.05, 0) is 42.5 Å². The van der Waals surface area contributed by atoms with Crippen LogP contribution in [0, 0.1) is 5.82 Å². The Morgan fingerprint density at radius 3 is 2.70 bits per heavy atom. The van der Waals surface area contributed by atoms with Gasteiger partial charge in [0, 0.05) is 17.1 Å². The molecule has 0 aliphatic rings. The van der Waals surface area contributed by atoms with Gasteiger partial charge in [-0.2, -0.15) is 0 Å². The van der Waals surface area contributed by atoms with Crippen LogP contribution >= 0.6 is 11.6 Å². The zero-order valence-corrected chi connectivity index (χ0v) is 11.1. The third-order valence-corrected chi connectivity index (χ3v) is 3.09. The van der Waals surface area contributed by atoms with E-state index in [9.17, 15) is 4.39 Å². The van der Waals surface area contributed by atoms with Crippen molar-refractivity contribution in [3.8, 4) is 11.6 Å². The fourth-order valence-corrected chi connectivity index (χ4v) is 2.06. The molecule has 1 aromatic heterocycles. The Labute approximate surface area is 119 Å². The summed E-state index contributed by atoms with van der Waals surface area (Å²) < 4.78 is 18.5. The molecule has 2 aromatic carbocycles. The average molecular weight is 289 g/mol. The molecule has 0 unspecified atom stereocenters. The Morgan fingerprint density at radius 1 is 1.05 bits per heavy atom. The molecular formula is C15H10ClFN2O. The van der Waals surface area contributed by atoms with Gasteiger partial charge in [0.25, 0.3) is 0 Å². The summed E-state index contributed by atoms with van der Waals surface area (Å²) in [5, 5.41) is 1.12. The first-order chi connectivity index (χ1) is 9.61. The van der Waals surface area contributed by atoms with E-state index in [1.165, 1.54) is 18.2 Å². The van der Waals surface area contributed by atoms with Gasteiger partial charge in [-0.15, -0.1) is 0 Å². The number of fused-ring (bicyclic) bond motifs is 1. The van der Waals surface area contributed by atoms with Crippen LogP contribution in [0.15, 0.2) is 48.5 Å². The fourth-order valence-electron chi connectivity index (χ4n) is 1.85. The number of nitrogens with zero attached hydrogens (tertiary/aromatic N) is 1. The molecular weight excluding hydrogens is 279 g/mol. The third-order valence-electron chi connectivity index (χ3n) is 2.80. The lowest BCUT2D eigenvalue weighted by atomic mass is 10.2. The third kappa shape index (κ3) is 2.51. The van der Waals surface area contributed by atoms with Crippen LogP contribution in [0.3, 0.4) is 0 Å². The first kappa shape index (κ1) is 12.7. The minimum Gasteiger partial charge on any atom is -0.437 e. The molecule has 3 rings (SSSR count). The highest BCUT2D eigenvalue weighted by Crippen LogP contribution is 2.30. The molecule has 3 aromatic rings. The molecule has 5 heteroatoms. The highest BCUT2D eigenvalue weighted by atomic mass is 35.5. The second kappa shape index (κ2) is 4.98. The van der Waals surface area contributed by atoms with Gasteiger partial charge in [-0.3, -0.25) is 0 Å². The number of aromatic nitrogens is 1. The van der Waals surface area contributed by atoms with E-state index in [0.717, 1.165) is 10.9 Å².